The molecule has 2 aliphatic rings. The second kappa shape index (κ2) is 7.06. The Balaban J connectivity index is 1.47. The third kappa shape index (κ3) is 3.20. The summed E-state index contributed by atoms with van der Waals surface area (Å²) in [6.45, 7) is 0.246. The van der Waals surface area contributed by atoms with Crippen molar-refractivity contribution in [1.82, 2.24) is 25.0 Å². The number of rotatable bonds is 5. The van der Waals surface area contributed by atoms with E-state index in [1.54, 1.807) is 7.05 Å². The molecule has 3 aromatic rings. The number of aryl methyl sites for hydroxylation is 1. The average Bonchev–Trinajstić information content (AvgIpc) is 3.31. The standard InChI is InChI=1S/C22H25N5O2/c1-23-21(28)13-26-10-9-17-18(3-2-4-20(17)26)22(29)27(15-5-6-15)16-7-8-19-14(11-16)12-24-25-19/h2-4,9-10,12,15-16H,5-8,11,13H2,1H3,(H,23,28)(H,24,25). The Bertz CT molecular complexity index is 1080. The smallest absolute Gasteiger partial charge is 0.255 e. The predicted octanol–water partition coefficient (Wildman–Crippen LogP) is 2.27. The lowest BCUT2D eigenvalue weighted by molar-refractivity contribution is -0.121. The topological polar surface area (TPSA) is 83.0 Å². The summed E-state index contributed by atoms with van der Waals surface area (Å²) in [4.78, 5) is 27.6. The van der Waals surface area contributed by atoms with Crippen LogP contribution in [0.5, 0.6) is 0 Å². The van der Waals surface area contributed by atoms with Crippen molar-refractivity contribution >= 4 is 22.7 Å². The first-order valence-electron chi connectivity index (χ1n) is 10.3. The summed E-state index contributed by atoms with van der Waals surface area (Å²) >= 11 is 0. The fourth-order valence-electron chi connectivity index (χ4n) is 4.54. The summed E-state index contributed by atoms with van der Waals surface area (Å²) in [7, 11) is 1.63. The summed E-state index contributed by atoms with van der Waals surface area (Å²) in [5.41, 5.74) is 4.08. The van der Waals surface area contributed by atoms with E-state index in [1.165, 1.54) is 11.3 Å². The van der Waals surface area contributed by atoms with Crippen LogP contribution in [0, 0.1) is 0 Å². The van der Waals surface area contributed by atoms with E-state index in [1.807, 2.05) is 41.2 Å². The number of nitrogens with zero attached hydrogens (tertiary/aromatic N) is 3. The summed E-state index contributed by atoms with van der Waals surface area (Å²) in [6, 6.07) is 8.29. The summed E-state index contributed by atoms with van der Waals surface area (Å²) in [5.74, 6) is 0.0460. The highest BCUT2D eigenvalue weighted by atomic mass is 16.2. The SMILES string of the molecule is CNC(=O)Cn1ccc2c(C(=O)N(C3CC3)C3CCc4[nH]ncc4C3)cccc21. The highest BCUT2D eigenvalue weighted by Gasteiger charge is 2.39. The molecule has 2 N–H and O–H groups in total. The van der Waals surface area contributed by atoms with Crippen molar-refractivity contribution in [1.29, 1.82) is 0 Å². The van der Waals surface area contributed by atoms with Gasteiger partial charge in [0.25, 0.3) is 5.91 Å². The molecular weight excluding hydrogens is 366 g/mol. The van der Waals surface area contributed by atoms with Crippen molar-refractivity contribution in [2.24, 2.45) is 0 Å². The van der Waals surface area contributed by atoms with E-state index >= 15 is 0 Å². The molecule has 1 atom stereocenters. The van der Waals surface area contributed by atoms with Crippen molar-refractivity contribution in [3.05, 3.63) is 53.5 Å². The lowest BCUT2D eigenvalue weighted by Crippen LogP contribution is -2.44. The number of hydrogen-bond acceptors (Lipinski definition) is 3. The third-order valence-electron chi connectivity index (χ3n) is 6.20. The predicted molar refractivity (Wildman–Crippen MR) is 110 cm³/mol. The molecule has 2 aliphatic carbocycles. The van der Waals surface area contributed by atoms with Crippen molar-refractivity contribution in [2.45, 2.75) is 50.7 Å². The van der Waals surface area contributed by atoms with Gasteiger partial charge in [0.2, 0.25) is 5.91 Å². The molecule has 1 unspecified atom stereocenters. The average molecular weight is 391 g/mol. The van der Waals surface area contributed by atoms with Gasteiger partial charge in [-0.3, -0.25) is 14.7 Å². The monoisotopic (exact) mass is 391 g/mol. The van der Waals surface area contributed by atoms with E-state index in [9.17, 15) is 9.59 Å². The fraction of sp³-hybridized carbons (Fsp3) is 0.409. The maximum Gasteiger partial charge on any atom is 0.255 e. The lowest BCUT2D eigenvalue weighted by Gasteiger charge is -2.34. The minimum absolute atomic E-state index is 0.0584. The molecule has 2 heterocycles. The van der Waals surface area contributed by atoms with Crippen LogP contribution in [-0.2, 0) is 24.2 Å². The molecule has 29 heavy (non-hydrogen) atoms. The minimum atomic E-state index is -0.0584. The Morgan fingerprint density at radius 2 is 2.10 bits per heavy atom. The Hall–Kier alpha value is -3.09. The van der Waals surface area contributed by atoms with Gasteiger partial charge in [-0.1, -0.05) is 6.07 Å². The quantitative estimate of drug-likeness (QED) is 0.700. The van der Waals surface area contributed by atoms with Crippen molar-refractivity contribution in [3.63, 3.8) is 0 Å². The van der Waals surface area contributed by atoms with Gasteiger partial charge in [0.15, 0.2) is 0 Å². The molecule has 150 valence electrons. The molecule has 0 radical (unpaired) electrons. The van der Waals surface area contributed by atoms with Gasteiger partial charge in [-0.2, -0.15) is 5.10 Å². The molecule has 1 saturated carbocycles. The lowest BCUT2D eigenvalue weighted by atomic mass is 9.91. The first-order chi connectivity index (χ1) is 14.2. The molecule has 2 amide bonds. The number of aromatic amines is 1. The van der Waals surface area contributed by atoms with Gasteiger partial charge in [0, 0.05) is 47.5 Å². The van der Waals surface area contributed by atoms with Gasteiger partial charge >= 0.3 is 0 Å². The second-order valence-corrected chi connectivity index (χ2v) is 8.07. The van der Waals surface area contributed by atoms with Crippen LogP contribution in [0.4, 0.5) is 0 Å². The number of amides is 2. The Labute approximate surface area is 169 Å². The maximum absolute atomic E-state index is 13.7. The molecule has 0 aliphatic heterocycles. The number of nitrogens with one attached hydrogen (secondary N) is 2. The zero-order valence-electron chi connectivity index (χ0n) is 16.5. The zero-order chi connectivity index (χ0) is 20.0. The molecule has 5 rings (SSSR count). The highest BCUT2D eigenvalue weighted by Crippen LogP contribution is 2.35. The van der Waals surface area contributed by atoms with Crippen LogP contribution in [0.3, 0.4) is 0 Å². The van der Waals surface area contributed by atoms with Crippen LogP contribution in [0.25, 0.3) is 10.9 Å². The normalized spacial score (nSPS) is 18.4. The van der Waals surface area contributed by atoms with E-state index in [-0.39, 0.29) is 24.4 Å². The van der Waals surface area contributed by atoms with Crippen LogP contribution < -0.4 is 5.32 Å². The second-order valence-electron chi connectivity index (χ2n) is 8.07. The number of hydrogen-bond donors (Lipinski definition) is 2. The molecule has 7 nitrogen and oxygen atoms in total. The Morgan fingerprint density at radius 3 is 2.90 bits per heavy atom. The minimum Gasteiger partial charge on any atom is -0.358 e. The molecule has 1 aromatic carbocycles. The van der Waals surface area contributed by atoms with E-state index in [4.69, 9.17) is 0 Å². The van der Waals surface area contributed by atoms with Crippen LogP contribution in [-0.4, -0.2) is 50.6 Å². The first-order valence-corrected chi connectivity index (χ1v) is 10.3. The summed E-state index contributed by atoms with van der Waals surface area (Å²) < 4.78 is 1.89. The number of benzene rings is 1. The van der Waals surface area contributed by atoms with E-state index in [0.29, 0.717) is 6.04 Å². The number of fused-ring (bicyclic) bond motifs is 2. The molecule has 0 spiro atoms. The molecule has 0 saturated heterocycles. The zero-order valence-corrected chi connectivity index (χ0v) is 16.5. The number of H-pyrrole nitrogens is 1. The molecule has 2 aromatic heterocycles. The maximum atomic E-state index is 13.7. The number of likely N-dealkylation sites (N-methyl/N-ethyl adjacent to an activating group) is 1. The Morgan fingerprint density at radius 1 is 1.24 bits per heavy atom. The van der Waals surface area contributed by atoms with Gasteiger partial charge in [0.05, 0.1) is 6.20 Å². The molecule has 0 bridgehead atoms. The Kier molecular flexibility index (Phi) is 4.38. The molecule has 7 heteroatoms. The highest BCUT2D eigenvalue weighted by molar-refractivity contribution is 6.07. The molecule has 1 fully saturated rings. The van der Waals surface area contributed by atoms with Gasteiger partial charge in [0.1, 0.15) is 6.54 Å². The van der Waals surface area contributed by atoms with E-state index < -0.39 is 0 Å². The summed E-state index contributed by atoms with van der Waals surface area (Å²) in [6.07, 6.45) is 8.70. The van der Waals surface area contributed by atoms with Crippen molar-refractivity contribution < 1.29 is 9.59 Å². The largest absolute Gasteiger partial charge is 0.358 e. The van der Waals surface area contributed by atoms with E-state index in [0.717, 1.165) is 48.6 Å². The van der Waals surface area contributed by atoms with E-state index in [2.05, 4.69) is 20.4 Å². The number of carbonyl (C=O) groups excluding carboxylic acids is 2. The third-order valence-corrected chi connectivity index (χ3v) is 6.20. The molecular formula is C22H25N5O2. The van der Waals surface area contributed by atoms with Crippen LogP contribution >= 0.6 is 0 Å². The van der Waals surface area contributed by atoms with Crippen LogP contribution in [0.2, 0.25) is 0 Å². The van der Waals surface area contributed by atoms with Gasteiger partial charge < -0.3 is 14.8 Å². The first kappa shape index (κ1) is 18.0. The van der Waals surface area contributed by atoms with Crippen molar-refractivity contribution in [2.75, 3.05) is 7.05 Å². The fourth-order valence-corrected chi connectivity index (χ4v) is 4.54. The summed E-state index contributed by atoms with van der Waals surface area (Å²) in [5, 5.41) is 10.8. The van der Waals surface area contributed by atoms with Crippen LogP contribution in [0.1, 0.15) is 40.9 Å². The van der Waals surface area contributed by atoms with Crippen LogP contribution in [0.15, 0.2) is 36.7 Å². The van der Waals surface area contributed by atoms with Gasteiger partial charge in [-0.05, 0) is 55.9 Å². The number of carbonyl (C=O) groups is 2. The van der Waals surface area contributed by atoms with Gasteiger partial charge in [-0.25, -0.2) is 0 Å². The van der Waals surface area contributed by atoms with Crippen molar-refractivity contribution in [3.8, 4) is 0 Å². The van der Waals surface area contributed by atoms with Gasteiger partial charge in [-0.15, -0.1) is 0 Å². The number of aromatic nitrogens is 3.